The standard InChI is InChI=1S/C18H23NO3/c1-5-18(4,11-14-9-7-6-8-10-14)16(20)19-15(13(2)3)12-22-17(19)21/h5-10,13,15H,1,11-12H2,2-4H3. The van der Waals surface area contributed by atoms with Gasteiger partial charge in [0.1, 0.15) is 6.61 Å². The molecule has 0 saturated carbocycles. The molecule has 2 amide bonds. The molecule has 4 heteroatoms. The molecule has 1 aromatic rings. The van der Waals surface area contributed by atoms with Crippen LogP contribution in [0.1, 0.15) is 26.3 Å². The van der Waals surface area contributed by atoms with Crippen LogP contribution in [0.25, 0.3) is 0 Å². The van der Waals surface area contributed by atoms with Crippen LogP contribution in [0.4, 0.5) is 4.79 Å². The lowest BCUT2D eigenvalue weighted by Gasteiger charge is -2.31. The Kier molecular flexibility index (Phi) is 4.69. The fraction of sp³-hybridized carbons (Fsp3) is 0.444. The molecule has 2 unspecified atom stereocenters. The lowest BCUT2D eigenvalue weighted by atomic mass is 9.81. The highest BCUT2D eigenvalue weighted by molar-refractivity contribution is 5.97. The van der Waals surface area contributed by atoms with Gasteiger partial charge in [0.2, 0.25) is 5.91 Å². The van der Waals surface area contributed by atoms with E-state index in [4.69, 9.17) is 4.74 Å². The second-order valence-corrected chi connectivity index (χ2v) is 6.35. The van der Waals surface area contributed by atoms with Gasteiger partial charge in [-0.2, -0.15) is 0 Å². The second-order valence-electron chi connectivity index (χ2n) is 6.35. The molecule has 22 heavy (non-hydrogen) atoms. The maximum Gasteiger partial charge on any atom is 0.417 e. The first-order valence-corrected chi connectivity index (χ1v) is 7.57. The highest BCUT2D eigenvalue weighted by Gasteiger charge is 2.45. The minimum absolute atomic E-state index is 0.154. The van der Waals surface area contributed by atoms with Crippen LogP contribution in [0.3, 0.4) is 0 Å². The highest BCUT2D eigenvalue weighted by atomic mass is 16.6. The summed E-state index contributed by atoms with van der Waals surface area (Å²) in [4.78, 5) is 26.2. The van der Waals surface area contributed by atoms with E-state index in [1.807, 2.05) is 51.1 Å². The Hall–Kier alpha value is -2.10. The van der Waals surface area contributed by atoms with Gasteiger partial charge in [0, 0.05) is 0 Å². The molecule has 0 bridgehead atoms. The Morgan fingerprint density at radius 2 is 2.09 bits per heavy atom. The Labute approximate surface area is 131 Å². The third kappa shape index (κ3) is 3.06. The van der Waals surface area contributed by atoms with Crippen LogP contribution in [-0.2, 0) is 16.0 Å². The van der Waals surface area contributed by atoms with Gasteiger partial charge in [-0.15, -0.1) is 6.58 Å². The molecule has 1 aromatic carbocycles. The van der Waals surface area contributed by atoms with E-state index in [1.165, 1.54) is 4.90 Å². The smallest absolute Gasteiger partial charge is 0.417 e. The number of imide groups is 1. The third-order valence-electron chi connectivity index (χ3n) is 4.25. The Bertz CT molecular complexity index is 567. The molecule has 1 saturated heterocycles. The number of benzene rings is 1. The molecule has 1 heterocycles. The fourth-order valence-corrected chi connectivity index (χ4v) is 2.69. The average Bonchev–Trinajstić information content (AvgIpc) is 2.89. The van der Waals surface area contributed by atoms with Gasteiger partial charge in [-0.1, -0.05) is 50.3 Å². The number of cyclic esters (lactones) is 1. The van der Waals surface area contributed by atoms with Crippen molar-refractivity contribution in [2.24, 2.45) is 11.3 Å². The first-order chi connectivity index (χ1) is 10.4. The topological polar surface area (TPSA) is 46.6 Å². The SMILES string of the molecule is C=CC(C)(Cc1ccccc1)C(=O)N1C(=O)OCC1C(C)C. The maximum atomic E-state index is 13.0. The summed E-state index contributed by atoms with van der Waals surface area (Å²) in [5.74, 6) is -0.0891. The number of carbonyl (C=O) groups excluding carboxylic acids is 2. The number of amides is 2. The van der Waals surface area contributed by atoms with Gasteiger partial charge in [-0.05, 0) is 24.8 Å². The van der Waals surface area contributed by atoms with Crippen molar-refractivity contribution in [1.82, 2.24) is 4.90 Å². The number of rotatable bonds is 5. The first kappa shape index (κ1) is 16.3. The molecule has 0 N–H and O–H groups in total. The Balaban J connectivity index is 2.27. The Morgan fingerprint density at radius 3 is 2.64 bits per heavy atom. The summed E-state index contributed by atoms with van der Waals surface area (Å²) in [6.45, 7) is 9.86. The molecule has 4 nitrogen and oxygen atoms in total. The molecular weight excluding hydrogens is 278 g/mol. The molecule has 2 rings (SSSR count). The van der Waals surface area contributed by atoms with Gasteiger partial charge in [0.25, 0.3) is 0 Å². The number of hydrogen-bond donors (Lipinski definition) is 0. The van der Waals surface area contributed by atoms with Crippen molar-refractivity contribution < 1.29 is 14.3 Å². The van der Waals surface area contributed by atoms with Crippen molar-refractivity contribution >= 4 is 12.0 Å². The van der Waals surface area contributed by atoms with E-state index < -0.39 is 11.5 Å². The van der Waals surface area contributed by atoms with Gasteiger partial charge >= 0.3 is 6.09 Å². The summed E-state index contributed by atoms with van der Waals surface area (Å²) < 4.78 is 5.08. The summed E-state index contributed by atoms with van der Waals surface area (Å²) >= 11 is 0. The molecule has 118 valence electrons. The van der Waals surface area contributed by atoms with E-state index in [0.717, 1.165) is 5.56 Å². The predicted molar refractivity (Wildman–Crippen MR) is 85.3 cm³/mol. The van der Waals surface area contributed by atoms with Crippen LogP contribution in [0, 0.1) is 11.3 Å². The minimum Gasteiger partial charge on any atom is -0.447 e. The molecule has 1 aliphatic rings. The van der Waals surface area contributed by atoms with Crippen molar-refractivity contribution in [2.75, 3.05) is 6.61 Å². The predicted octanol–water partition coefficient (Wildman–Crippen LogP) is 3.42. The van der Waals surface area contributed by atoms with Crippen molar-refractivity contribution in [2.45, 2.75) is 33.2 Å². The summed E-state index contributed by atoms with van der Waals surface area (Å²) in [5.41, 5.74) is 0.199. The Morgan fingerprint density at radius 1 is 1.45 bits per heavy atom. The third-order valence-corrected chi connectivity index (χ3v) is 4.25. The zero-order valence-corrected chi connectivity index (χ0v) is 13.4. The summed E-state index contributed by atoms with van der Waals surface area (Å²) in [7, 11) is 0. The normalized spacial score (nSPS) is 20.6. The minimum atomic E-state index is -0.835. The summed E-state index contributed by atoms with van der Waals surface area (Å²) in [6.07, 6.45) is 1.58. The zero-order chi connectivity index (χ0) is 16.3. The van der Waals surface area contributed by atoms with Crippen LogP contribution in [-0.4, -0.2) is 29.5 Å². The lowest BCUT2D eigenvalue weighted by molar-refractivity contribution is -0.137. The van der Waals surface area contributed by atoms with Crippen molar-refractivity contribution in [1.29, 1.82) is 0 Å². The number of carbonyl (C=O) groups is 2. The van der Waals surface area contributed by atoms with Crippen LogP contribution >= 0.6 is 0 Å². The van der Waals surface area contributed by atoms with E-state index >= 15 is 0 Å². The van der Waals surface area contributed by atoms with Crippen LogP contribution in [0.15, 0.2) is 43.0 Å². The quantitative estimate of drug-likeness (QED) is 0.783. The van der Waals surface area contributed by atoms with Crippen molar-refractivity contribution in [3.8, 4) is 0 Å². The van der Waals surface area contributed by atoms with Crippen molar-refractivity contribution in [3.63, 3.8) is 0 Å². The van der Waals surface area contributed by atoms with E-state index in [1.54, 1.807) is 6.08 Å². The molecule has 0 aliphatic carbocycles. The largest absolute Gasteiger partial charge is 0.447 e. The highest BCUT2D eigenvalue weighted by Crippen LogP contribution is 2.31. The number of nitrogens with zero attached hydrogens (tertiary/aromatic N) is 1. The second kappa shape index (κ2) is 6.34. The van der Waals surface area contributed by atoms with E-state index in [-0.39, 0.29) is 24.5 Å². The van der Waals surface area contributed by atoms with Gasteiger partial charge < -0.3 is 4.74 Å². The molecule has 1 aliphatic heterocycles. The van der Waals surface area contributed by atoms with Gasteiger partial charge in [-0.3, -0.25) is 4.79 Å². The monoisotopic (exact) mass is 301 g/mol. The molecule has 0 aromatic heterocycles. The van der Waals surface area contributed by atoms with Gasteiger partial charge in [-0.25, -0.2) is 9.69 Å². The zero-order valence-electron chi connectivity index (χ0n) is 13.4. The summed E-state index contributed by atoms with van der Waals surface area (Å²) in [5, 5.41) is 0. The van der Waals surface area contributed by atoms with Crippen molar-refractivity contribution in [3.05, 3.63) is 48.6 Å². The summed E-state index contributed by atoms with van der Waals surface area (Å²) in [6, 6.07) is 9.53. The molecule has 1 fully saturated rings. The molecular formula is C18H23NO3. The van der Waals surface area contributed by atoms with Crippen LogP contribution in [0.5, 0.6) is 0 Å². The molecule has 0 spiro atoms. The molecule has 0 radical (unpaired) electrons. The number of hydrogen-bond acceptors (Lipinski definition) is 3. The maximum absolute atomic E-state index is 13.0. The van der Waals surface area contributed by atoms with E-state index in [2.05, 4.69) is 6.58 Å². The van der Waals surface area contributed by atoms with E-state index in [0.29, 0.717) is 6.42 Å². The van der Waals surface area contributed by atoms with E-state index in [9.17, 15) is 9.59 Å². The first-order valence-electron chi connectivity index (χ1n) is 7.57. The molecule has 2 atom stereocenters. The van der Waals surface area contributed by atoms with Gasteiger partial charge in [0.15, 0.2) is 0 Å². The number of ether oxygens (including phenoxy) is 1. The fourth-order valence-electron chi connectivity index (χ4n) is 2.69. The lowest BCUT2D eigenvalue weighted by Crippen LogP contribution is -2.48. The van der Waals surface area contributed by atoms with Crippen LogP contribution in [0.2, 0.25) is 0 Å². The average molecular weight is 301 g/mol. The van der Waals surface area contributed by atoms with Gasteiger partial charge in [0.05, 0.1) is 11.5 Å². The van der Waals surface area contributed by atoms with Crippen LogP contribution < -0.4 is 0 Å².